The number of rotatable bonds is 7. The van der Waals surface area contributed by atoms with Crippen LogP contribution in [-0.2, 0) is 9.53 Å². The standard InChI is InChI=1S/C21H18Br2N2O4/c1-3-8-29-19-14(10-16(22)11-18(19)23)9-15(12-24)20(26)25-17-6-4-13(5-7-17)21(27)28-2/h4-7,9-11H,3,8H2,1-2H3,(H,25,26)/b15-9+. The first kappa shape index (κ1) is 22.7. The topological polar surface area (TPSA) is 88.4 Å². The third-order valence-electron chi connectivity index (χ3n) is 3.72. The molecule has 2 aromatic carbocycles. The maximum absolute atomic E-state index is 12.6. The molecule has 0 bridgehead atoms. The Morgan fingerprint density at radius 3 is 2.48 bits per heavy atom. The molecule has 0 saturated carbocycles. The number of nitriles is 1. The molecule has 0 saturated heterocycles. The van der Waals surface area contributed by atoms with Gasteiger partial charge in [-0.3, -0.25) is 4.79 Å². The molecule has 2 aromatic rings. The number of halogens is 2. The Morgan fingerprint density at radius 1 is 1.21 bits per heavy atom. The minimum absolute atomic E-state index is 0.0895. The third kappa shape index (κ3) is 6.17. The predicted octanol–water partition coefficient (Wildman–Crippen LogP) is 5.33. The van der Waals surface area contributed by atoms with Gasteiger partial charge in [0.25, 0.3) is 5.91 Å². The minimum Gasteiger partial charge on any atom is -0.492 e. The molecule has 0 heterocycles. The van der Waals surface area contributed by atoms with Crippen molar-refractivity contribution in [3.05, 3.63) is 62.0 Å². The van der Waals surface area contributed by atoms with Crippen LogP contribution in [0.4, 0.5) is 5.69 Å². The molecule has 8 heteroatoms. The van der Waals surface area contributed by atoms with Crippen LogP contribution in [0, 0.1) is 11.3 Å². The highest BCUT2D eigenvalue weighted by atomic mass is 79.9. The van der Waals surface area contributed by atoms with Crippen molar-refractivity contribution in [3.8, 4) is 11.8 Å². The van der Waals surface area contributed by atoms with Gasteiger partial charge >= 0.3 is 5.97 Å². The molecule has 0 aromatic heterocycles. The fraction of sp³-hybridized carbons (Fsp3) is 0.190. The number of benzene rings is 2. The molecule has 0 radical (unpaired) electrons. The number of amides is 1. The summed E-state index contributed by atoms with van der Waals surface area (Å²) in [4.78, 5) is 24.0. The number of nitrogens with zero attached hydrogens (tertiary/aromatic N) is 1. The van der Waals surface area contributed by atoms with Gasteiger partial charge in [0.05, 0.1) is 23.8 Å². The molecule has 0 aliphatic rings. The summed E-state index contributed by atoms with van der Waals surface area (Å²) in [6, 6.07) is 11.7. The maximum atomic E-state index is 12.6. The third-order valence-corrected chi connectivity index (χ3v) is 4.76. The molecule has 0 fully saturated rings. The molecule has 6 nitrogen and oxygen atoms in total. The van der Waals surface area contributed by atoms with Crippen LogP contribution < -0.4 is 10.1 Å². The molecule has 2 rings (SSSR count). The van der Waals surface area contributed by atoms with Crippen molar-refractivity contribution in [3.63, 3.8) is 0 Å². The molecule has 29 heavy (non-hydrogen) atoms. The van der Waals surface area contributed by atoms with Crippen LogP contribution >= 0.6 is 31.9 Å². The summed E-state index contributed by atoms with van der Waals surface area (Å²) in [5.41, 5.74) is 1.31. The summed E-state index contributed by atoms with van der Waals surface area (Å²) in [6.45, 7) is 2.49. The smallest absolute Gasteiger partial charge is 0.337 e. The maximum Gasteiger partial charge on any atom is 0.337 e. The Morgan fingerprint density at radius 2 is 1.90 bits per heavy atom. The highest BCUT2D eigenvalue weighted by Gasteiger charge is 2.14. The van der Waals surface area contributed by atoms with Crippen molar-refractivity contribution < 1.29 is 19.1 Å². The Kier molecular flexibility index (Phi) is 8.43. The summed E-state index contributed by atoms with van der Waals surface area (Å²) < 4.78 is 11.9. The zero-order chi connectivity index (χ0) is 21.4. The van der Waals surface area contributed by atoms with Crippen LogP contribution in [0.15, 0.2) is 50.9 Å². The number of hydrogen-bond acceptors (Lipinski definition) is 5. The van der Waals surface area contributed by atoms with E-state index in [1.807, 2.05) is 19.1 Å². The molecule has 1 amide bonds. The Labute approximate surface area is 185 Å². The highest BCUT2D eigenvalue weighted by Crippen LogP contribution is 2.34. The van der Waals surface area contributed by atoms with Gasteiger partial charge in [0, 0.05) is 15.7 Å². The van der Waals surface area contributed by atoms with Gasteiger partial charge in [-0.25, -0.2) is 4.79 Å². The van der Waals surface area contributed by atoms with Crippen molar-refractivity contribution >= 4 is 55.5 Å². The van der Waals surface area contributed by atoms with Gasteiger partial charge in [0.1, 0.15) is 17.4 Å². The van der Waals surface area contributed by atoms with Crippen LogP contribution in [0.1, 0.15) is 29.3 Å². The van der Waals surface area contributed by atoms with Gasteiger partial charge in [0.2, 0.25) is 0 Å². The Balaban J connectivity index is 2.29. The molecule has 0 spiro atoms. The van der Waals surface area contributed by atoms with Crippen molar-refractivity contribution in [2.75, 3.05) is 19.0 Å². The number of ether oxygens (including phenoxy) is 2. The Hall–Kier alpha value is -2.63. The number of carbonyl (C=O) groups excluding carboxylic acids is 2. The number of carbonyl (C=O) groups is 2. The van der Waals surface area contributed by atoms with Gasteiger partial charge in [0.15, 0.2) is 0 Å². The number of anilines is 1. The van der Waals surface area contributed by atoms with E-state index in [0.29, 0.717) is 33.6 Å². The zero-order valence-corrected chi connectivity index (χ0v) is 19.0. The zero-order valence-electron chi connectivity index (χ0n) is 15.8. The lowest BCUT2D eigenvalue weighted by molar-refractivity contribution is -0.112. The number of nitrogens with one attached hydrogen (secondary N) is 1. The van der Waals surface area contributed by atoms with Crippen LogP contribution in [0.25, 0.3) is 6.08 Å². The van der Waals surface area contributed by atoms with Crippen LogP contribution in [0.2, 0.25) is 0 Å². The van der Waals surface area contributed by atoms with Gasteiger partial charge in [-0.15, -0.1) is 0 Å². The molecule has 150 valence electrons. The highest BCUT2D eigenvalue weighted by molar-refractivity contribution is 9.11. The second-order valence-corrected chi connectivity index (χ2v) is 7.62. The monoisotopic (exact) mass is 520 g/mol. The van der Waals surface area contributed by atoms with Crippen molar-refractivity contribution in [1.29, 1.82) is 5.26 Å². The fourth-order valence-electron chi connectivity index (χ4n) is 2.35. The number of esters is 1. The van der Waals surface area contributed by atoms with E-state index < -0.39 is 11.9 Å². The first-order valence-electron chi connectivity index (χ1n) is 8.63. The average Bonchev–Trinajstić information content (AvgIpc) is 2.71. The second kappa shape index (κ2) is 10.8. The van der Waals surface area contributed by atoms with Crippen LogP contribution in [-0.4, -0.2) is 25.6 Å². The summed E-state index contributed by atoms with van der Waals surface area (Å²) in [6.07, 6.45) is 2.29. The molecule has 0 unspecified atom stereocenters. The van der Waals surface area contributed by atoms with E-state index in [1.54, 1.807) is 18.2 Å². The van der Waals surface area contributed by atoms with Gasteiger partial charge in [-0.05, 0) is 64.8 Å². The van der Waals surface area contributed by atoms with Gasteiger partial charge < -0.3 is 14.8 Å². The lowest BCUT2D eigenvalue weighted by atomic mass is 10.1. The first-order chi connectivity index (χ1) is 13.9. The van der Waals surface area contributed by atoms with E-state index in [1.165, 1.54) is 25.3 Å². The van der Waals surface area contributed by atoms with Crippen molar-refractivity contribution in [2.24, 2.45) is 0 Å². The predicted molar refractivity (Wildman–Crippen MR) is 118 cm³/mol. The van der Waals surface area contributed by atoms with Crippen molar-refractivity contribution in [2.45, 2.75) is 13.3 Å². The average molecular weight is 522 g/mol. The molecule has 1 N–H and O–H groups in total. The number of hydrogen-bond donors (Lipinski definition) is 1. The lowest BCUT2D eigenvalue weighted by Gasteiger charge is -2.12. The second-order valence-electron chi connectivity index (χ2n) is 5.85. The molecule has 0 aliphatic carbocycles. The normalized spacial score (nSPS) is 10.8. The largest absolute Gasteiger partial charge is 0.492 e. The summed E-state index contributed by atoms with van der Waals surface area (Å²) in [5.74, 6) is -0.491. The fourth-order valence-corrected chi connectivity index (χ4v) is 3.73. The summed E-state index contributed by atoms with van der Waals surface area (Å²) in [7, 11) is 1.29. The Bertz CT molecular complexity index is 979. The molecule has 0 aliphatic heterocycles. The van der Waals surface area contributed by atoms with E-state index in [0.717, 1.165) is 10.9 Å². The first-order valence-corrected chi connectivity index (χ1v) is 10.2. The van der Waals surface area contributed by atoms with Gasteiger partial charge in [-0.1, -0.05) is 22.9 Å². The molecule has 0 atom stereocenters. The lowest BCUT2D eigenvalue weighted by Crippen LogP contribution is -2.13. The summed E-state index contributed by atoms with van der Waals surface area (Å²) in [5, 5.41) is 12.1. The van der Waals surface area contributed by atoms with E-state index in [9.17, 15) is 14.9 Å². The van der Waals surface area contributed by atoms with Gasteiger partial charge in [-0.2, -0.15) is 5.26 Å². The number of methoxy groups -OCH3 is 1. The minimum atomic E-state index is -0.573. The van der Waals surface area contributed by atoms with Crippen molar-refractivity contribution in [1.82, 2.24) is 0 Å². The quantitative estimate of drug-likeness (QED) is 0.302. The van der Waals surface area contributed by atoms with E-state index in [-0.39, 0.29) is 5.57 Å². The van der Waals surface area contributed by atoms with Crippen LogP contribution in [0.3, 0.4) is 0 Å². The molecular formula is C21H18Br2N2O4. The summed E-state index contributed by atoms with van der Waals surface area (Å²) >= 11 is 6.86. The van der Waals surface area contributed by atoms with Crippen LogP contribution in [0.5, 0.6) is 5.75 Å². The van der Waals surface area contributed by atoms with E-state index in [4.69, 9.17) is 4.74 Å². The van der Waals surface area contributed by atoms with E-state index in [2.05, 4.69) is 41.9 Å². The molecular weight excluding hydrogens is 504 g/mol. The van der Waals surface area contributed by atoms with E-state index >= 15 is 0 Å². The SMILES string of the molecule is CCCOc1c(Br)cc(Br)cc1/C=C(\C#N)C(=O)Nc1ccc(C(=O)OC)cc1.